The van der Waals surface area contributed by atoms with Crippen LogP contribution >= 0.6 is 27.5 Å². The van der Waals surface area contributed by atoms with Gasteiger partial charge in [0.25, 0.3) is 0 Å². The van der Waals surface area contributed by atoms with Crippen LogP contribution in [-0.2, 0) is 12.8 Å². The minimum atomic E-state index is 0.0375. The third kappa shape index (κ3) is 3.46. The number of aryl methyl sites for hydroxylation is 1. The molecule has 0 amide bonds. The van der Waals surface area contributed by atoms with Crippen molar-refractivity contribution in [1.29, 1.82) is 0 Å². The highest BCUT2D eigenvalue weighted by molar-refractivity contribution is 9.10. The molecule has 2 rings (SSSR count). The first-order valence-corrected chi connectivity index (χ1v) is 7.34. The zero-order valence-corrected chi connectivity index (χ0v) is 13.0. The maximum Gasteiger partial charge on any atom is 0.168 e. The second-order valence-electron chi connectivity index (χ2n) is 4.37. The molecule has 0 spiro atoms. The van der Waals surface area contributed by atoms with E-state index < -0.39 is 0 Å². The summed E-state index contributed by atoms with van der Waals surface area (Å²) in [6.45, 7) is 2.11. The molecule has 0 unspecified atom stereocenters. The summed E-state index contributed by atoms with van der Waals surface area (Å²) in [4.78, 5) is 12.2. The smallest absolute Gasteiger partial charge is 0.168 e. The van der Waals surface area contributed by atoms with Gasteiger partial charge in [-0.05, 0) is 45.6 Å². The maximum atomic E-state index is 12.2. The SMILES string of the molecule is CCc1ccc(CC(=O)c2cccc(Br)c2Cl)cc1. The van der Waals surface area contributed by atoms with Crippen molar-refractivity contribution in [2.24, 2.45) is 0 Å². The van der Waals surface area contributed by atoms with Crippen molar-refractivity contribution >= 4 is 33.3 Å². The average molecular weight is 338 g/mol. The number of Topliss-reactive ketones (excluding diaryl/α,β-unsaturated/α-hetero) is 1. The number of carbonyl (C=O) groups is 1. The Morgan fingerprint density at radius 3 is 2.37 bits per heavy atom. The summed E-state index contributed by atoms with van der Waals surface area (Å²) >= 11 is 9.47. The van der Waals surface area contributed by atoms with Crippen LogP contribution < -0.4 is 0 Å². The fraction of sp³-hybridized carbons (Fsp3) is 0.188. The highest BCUT2D eigenvalue weighted by Crippen LogP contribution is 2.27. The highest BCUT2D eigenvalue weighted by Gasteiger charge is 2.12. The molecule has 0 N–H and O–H groups in total. The monoisotopic (exact) mass is 336 g/mol. The normalized spacial score (nSPS) is 10.5. The second kappa shape index (κ2) is 6.36. The molecule has 1 nitrogen and oxygen atoms in total. The predicted molar refractivity (Wildman–Crippen MR) is 83.0 cm³/mol. The summed E-state index contributed by atoms with van der Waals surface area (Å²) in [5.74, 6) is 0.0375. The minimum Gasteiger partial charge on any atom is -0.294 e. The summed E-state index contributed by atoms with van der Waals surface area (Å²) in [7, 11) is 0. The first kappa shape index (κ1) is 14.3. The minimum absolute atomic E-state index is 0.0375. The molecule has 2 aromatic rings. The zero-order chi connectivity index (χ0) is 13.8. The zero-order valence-electron chi connectivity index (χ0n) is 10.6. The molecule has 0 aliphatic heterocycles. The topological polar surface area (TPSA) is 17.1 Å². The van der Waals surface area contributed by atoms with Gasteiger partial charge in [0, 0.05) is 16.5 Å². The molecule has 2 aromatic carbocycles. The molecule has 0 saturated heterocycles. The Hall–Kier alpha value is -1.12. The molecule has 0 atom stereocenters. The van der Waals surface area contributed by atoms with Gasteiger partial charge < -0.3 is 0 Å². The van der Waals surface area contributed by atoms with E-state index in [0.717, 1.165) is 16.5 Å². The van der Waals surface area contributed by atoms with E-state index in [1.165, 1.54) is 5.56 Å². The third-order valence-electron chi connectivity index (χ3n) is 3.05. The summed E-state index contributed by atoms with van der Waals surface area (Å²) in [6.07, 6.45) is 1.38. The van der Waals surface area contributed by atoms with E-state index in [4.69, 9.17) is 11.6 Å². The van der Waals surface area contributed by atoms with Crippen LogP contribution in [0.5, 0.6) is 0 Å². The van der Waals surface area contributed by atoms with Gasteiger partial charge in [-0.1, -0.05) is 48.9 Å². The van der Waals surface area contributed by atoms with Crippen LogP contribution in [0.25, 0.3) is 0 Å². The van der Waals surface area contributed by atoms with Crippen molar-refractivity contribution in [3.63, 3.8) is 0 Å². The lowest BCUT2D eigenvalue weighted by Gasteiger charge is -2.06. The molecular weight excluding hydrogens is 324 g/mol. The molecule has 0 aliphatic carbocycles. The van der Waals surface area contributed by atoms with E-state index in [1.54, 1.807) is 6.07 Å². The van der Waals surface area contributed by atoms with Crippen LogP contribution in [-0.4, -0.2) is 5.78 Å². The van der Waals surface area contributed by atoms with Crippen molar-refractivity contribution in [1.82, 2.24) is 0 Å². The van der Waals surface area contributed by atoms with Crippen molar-refractivity contribution in [3.8, 4) is 0 Å². The quantitative estimate of drug-likeness (QED) is 0.710. The molecular formula is C16H14BrClO. The van der Waals surface area contributed by atoms with E-state index >= 15 is 0 Å². The molecule has 0 saturated carbocycles. The summed E-state index contributed by atoms with van der Waals surface area (Å²) in [6, 6.07) is 13.5. The first-order chi connectivity index (χ1) is 9.11. The lowest BCUT2D eigenvalue weighted by atomic mass is 10.0. The second-order valence-corrected chi connectivity index (χ2v) is 5.60. The Kier molecular flexibility index (Phi) is 4.78. The number of hydrogen-bond donors (Lipinski definition) is 0. The Labute approximate surface area is 126 Å². The van der Waals surface area contributed by atoms with Gasteiger partial charge in [0.1, 0.15) is 0 Å². The van der Waals surface area contributed by atoms with E-state index in [1.807, 2.05) is 24.3 Å². The van der Waals surface area contributed by atoms with Gasteiger partial charge >= 0.3 is 0 Å². The van der Waals surface area contributed by atoms with Gasteiger partial charge in [0.05, 0.1) is 5.02 Å². The average Bonchev–Trinajstić information content (AvgIpc) is 2.42. The number of hydrogen-bond acceptors (Lipinski definition) is 1. The molecule has 3 heteroatoms. The van der Waals surface area contributed by atoms with Crippen LogP contribution in [0.1, 0.15) is 28.4 Å². The maximum absolute atomic E-state index is 12.2. The van der Waals surface area contributed by atoms with Gasteiger partial charge in [0.15, 0.2) is 5.78 Å². The summed E-state index contributed by atoms with van der Waals surface area (Å²) in [5.41, 5.74) is 2.85. The van der Waals surface area contributed by atoms with Crippen molar-refractivity contribution in [2.75, 3.05) is 0 Å². The van der Waals surface area contributed by atoms with Crippen LogP contribution in [0.2, 0.25) is 5.02 Å². The molecule has 0 heterocycles. The number of halogens is 2. The molecule has 0 bridgehead atoms. The van der Waals surface area contributed by atoms with Gasteiger partial charge in [0.2, 0.25) is 0 Å². The van der Waals surface area contributed by atoms with Crippen LogP contribution in [0.4, 0.5) is 0 Å². The first-order valence-electron chi connectivity index (χ1n) is 6.17. The highest BCUT2D eigenvalue weighted by atomic mass is 79.9. The van der Waals surface area contributed by atoms with Crippen molar-refractivity contribution in [3.05, 3.63) is 68.7 Å². The Morgan fingerprint density at radius 2 is 1.74 bits per heavy atom. The fourth-order valence-electron chi connectivity index (χ4n) is 1.89. The van der Waals surface area contributed by atoms with E-state index in [-0.39, 0.29) is 5.78 Å². The Balaban J connectivity index is 2.18. The molecule has 0 fully saturated rings. The van der Waals surface area contributed by atoms with Crippen LogP contribution in [0, 0.1) is 0 Å². The predicted octanol–water partition coefficient (Wildman–Crippen LogP) is 5.09. The van der Waals surface area contributed by atoms with E-state index in [9.17, 15) is 4.79 Å². The lowest BCUT2D eigenvalue weighted by Crippen LogP contribution is -2.04. The number of carbonyl (C=O) groups excluding carboxylic acids is 1. The molecule has 19 heavy (non-hydrogen) atoms. The standard InChI is InChI=1S/C16H14BrClO/c1-2-11-6-8-12(9-7-11)10-15(19)13-4-3-5-14(17)16(13)18/h3-9H,2,10H2,1H3. The van der Waals surface area contributed by atoms with Crippen molar-refractivity contribution in [2.45, 2.75) is 19.8 Å². The van der Waals surface area contributed by atoms with Gasteiger partial charge in [-0.25, -0.2) is 0 Å². The third-order valence-corrected chi connectivity index (χ3v) is 4.34. The van der Waals surface area contributed by atoms with Crippen molar-refractivity contribution < 1.29 is 4.79 Å². The largest absolute Gasteiger partial charge is 0.294 e. The molecule has 0 aromatic heterocycles. The molecule has 98 valence electrons. The van der Waals surface area contributed by atoms with E-state index in [0.29, 0.717) is 17.0 Å². The lowest BCUT2D eigenvalue weighted by molar-refractivity contribution is 0.0993. The number of ketones is 1. The van der Waals surface area contributed by atoms with Gasteiger partial charge in [-0.15, -0.1) is 0 Å². The molecule has 0 radical (unpaired) electrons. The Morgan fingerprint density at radius 1 is 1.11 bits per heavy atom. The number of benzene rings is 2. The number of rotatable bonds is 4. The molecule has 0 aliphatic rings. The van der Waals surface area contributed by atoms with E-state index in [2.05, 4.69) is 35.0 Å². The summed E-state index contributed by atoms with van der Waals surface area (Å²) in [5, 5.41) is 0.484. The van der Waals surface area contributed by atoms with Gasteiger partial charge in [-0.3, -0.25) is 4.79 Å². The fourth-order valence-corrected chi connectivity index (χ4v) is 2.49. The van der Waals surface area contributed by atoms with Gasteiger partial charge in [-0.2, -0.15) is 0 Å². The van der Waals surface area contributed by atoms with Crippen LogP contribution in [0.15, 0.2) is 46.9 Å². The Bertz CT molecular complexity index is 590. The van der Waals surface area contributed by atoms with Crippen LogP contribution in [0.3, 0.4) is 0 Å². The summed E-state index contributed by atoms with van der Waals surface area (Å²) < 4.78 is 0.751.